The molecular formula is C18H21NO2. The molecule has 3 heteroatoms. The van der Waals surface area contributed by atoms with E-state index >= 15 is 0 Å². The Morgan fingerprint density at radius 3 is 2.52 bits per heavy atom. The van der Waals surface area contributed by atoms with Gasteiger partial charge in [-0.3, -0.25) is 4.79 Å². The Morgan fingerprint density at radius 1 is 1.19 bits per heavy atom. The number of ether oxygens (including phenoxy) is 1. The van der Waals surface area contributed by atoms with E-state index in [1.54, 1.807) is 19.2 Å². The van der Waals surface area contributed by atoms with Crippen molar-refractivity contribution < 1.29 is 9.53 Å². The molecule has 0 aliphatic heterocycles. The molecule has 2 aromatic carbocycles. The number of amides is 1. The first-order chi connectivity index (χ1) is 10.1. The largest absolute Gasteiger partial charge is 0.497 e. The van der Waals surface area contributed by atoms with Gasteiger partial charge in [0.2, 0.25) is 0 Å². The van der Waals surface area contributed by atoms with Crippen LogP contribution in [0.4, 0.5) is 0 Å². The molecule has 1 atom stereocenters. The summed E-state index contributed by atoms with van der Waals surface area (Å²) in [6, 6.07) is 15.5. The van der Waals surface area contributed by atoms with Crippen LogP contribution in [0.3, 0.4) is 0 Å². The molecule has 21 heavy (non-hydrogen) atoms. The van der Waals surface area contributed by atoms with E-state index in [0.29, 0.717) is 11.3 Å². The number of rotatable bonds is 5. The van der Waals surface area contributed by atoms with Crippen LogP contribution in [0, 0.1) is 6.92 Å². The molecule has 0 aliphatic carbocycles. The van der Waals surface area contributed by atoms with Gasteiger partial charge in [0.25, 0.3) is 5.91 Å². The Bertz CT molecular complexity index is 605. The Hall–Kier alpha value is -2.29. The normalized spacial score (nSPS) is 11.8. The topological polar surface area (TPSA) is 38.3 Å². The van der Waals surface area contributed by atoms with Crippen LogP contribution < -0.4 is 10.1 Å². The standard InChI is InChI=1S/C18H21NO2/c1-4-17(14-10-8-13(2)9-11-14)19-18(20)15-6-5-7-16(12-15)21-3/h5-12,17H,4H2,1-3H3,(H,19,20). The monoisotopic (exact) mass is 283 g/mol. The van der Waals surface area contributed by atoms with Crippen molar-refractivity contribution in [2.45, 2.75) is 26.3 Å². The molecular weight excluding hydrogens is 262 g/mol. The van der Waals surface area contributed by atoms with Crippen LogP contribution in [0.5, 0.6) is 5.75 Å². The van der Waals surface area contributed by atoms with Gasteiger partial charge in [-0.2, -0.15) is 0 Å². The predicted molar refractivity (Wildman–Crippen MR) is 84.7 cm³/mol. The van der Waals surface area contributed by atoms with Crippen LogP contribution in [0.2, 0.25) is 0 Å². The maximum atomic E-state index is 12.4. The summed E-state index contributed by atoms with van der Waals surface area (Å²) >= 11 is 0. The molecule has 0 heterocycles. The number of nitrogens with one attached hydrogen (secondary N) is 1. The minimum atomic E-state index is -0.0821. The van der Waals surface area contributed by atoms with Gasteiger partial charge in [0.1, 0.15) is 5.75 Å². The molecule has 3 nitrogen and oxygen atoms in total. The van der Waals surface area contributed by atoms with Crippen molar-refractivity contribution >= 4 is 5.91 Å². The van der Waals surface area contributed by atoms with E-state index in [2.05, 4.69) is 43.4 Å². The summed E-state index contributed by atoms with van der Waals surface area (Å²) in [6.45, 7) is 4.12. The van der Waals surface area contributed by atoms with E-state index in [9.17, 15) is 4.79 Å². The number of benzene rings is 2. The zero-order valence-corrected chi connectivity index (χ0v) is 12.7. The summed E-state index contributed by atoms with van der Waals surface area (Å²) in [5.41, 5.74) is 2.95. The maximum absolute atomic E-state index is 12.4. The van der Waals surface area contributed by atoms with Crippen molar-refractivity contribution in [3.63, 3.8) is 0 Å². The summed E-state index contributed by atoms with van der Waals surface area (Å²) in [5, 5.41) is 3.08. The highest BCUT2D eigenvalue weighted by Gasteiger charge is 2.14. The minimum absolute atomic E-state index is 0.0179. The summed E-state index contributed by atoms with van der Waals surface area (Å²) in [7, 11) is 1.60. The van der Waals surface area contributed by atoms with E-state index in [1.807, 2.05) is 12.1 Å². The van der Waals surface area contributed by atoms with Crippen LogP contribution in [-0.2, 0) is 0 Å². The van der Waals surface area contributed by atoms with Gasteiger partial charge in [0, 0.05) is 5.56 Å². The molecule has 0 saturated carbocycles. The summed E-state index contributed by atoms with van der Waals surface area (Å²) in [5.74, 6) is 0.604. The maximum Gasteiger partial charge on any atom is 0.251 e. The lowest BCUT2D eigenvalue weighted by atomic mass is 10.0. The van der Waals surface area contributed by atoms with Crippen LogP contribution in [-0.4, -0.2) is 13.0 Å². The number of carbonyl (C=O) groups excluding carboxylic acids is 1. The molecule has 0 saturated heterocycles. The molecule has 1 unspecified atom stereocenters. The third-order valence-electron chi connectivity index (χ3n) is 3.53. The minimum Gasteiger partial charge on any atom is -0.497 e. The lowest BCUT2D eigenvalue weighted by molar-refractivity contribution is 0.0935. The zero-order valence-electron chi connectivity index (χ0n) is 12.7. The van der Waals surface area contributed by atoms with Gasteiger partial charge in [-0.05, 0) is 37.1 Å². The molecule has 2 aromatic rings. The number of aryl methyl sites for hydroxylation is 1. The zero-order chi connectivity index (χ0) is 15.2. The first-order valence-electron chi connectivity index (χ1n) is 7.15. The fourth-order valence-corrected chi connectivity index (χ4v) is 2.23. The van der Waals surface area contributed by atoms with Gasteiger partial charge in [-0.25, -0.2) is 0 Å². The van der Waals surface area contributed by atoms with Gasteiger partial charge < -0.3 is 10.1 Å². The Morgan fingerprint density at radius 2 is 1.90 bits per heavy atom. The molecule has 110 valence electrons. The number of carbonyl (C=O) groups is 1. The fourth-order valence-electron chi connectivity index (χ4n) is 2.23. The highest BCUT2D eigenvalue weighted by molar-refractivity contribution is 5.94. The van der Waals surface area contributed by atoms with E-state index < -0.39 is 0 Å². The lowest BCUT2D eigenvalue weighted by Gasteiger charge is -2.18. The smallest absolute Gasteiger partial charge is 0.251 e. The Labute approximate surface area is 126 Å². The molecule has 2 rings (SSSR count). The third-order valence-corrected chi connectivity index (χ3v) is 3.53. The average Bonchev–Trinajstić information content (AvgIpc) is 2.53. The predicted octanol–water partition coefficient (Wildman–Crippen LogP) is 3.88. The molecule has 0 spiro atoms. The second-order valence-corrected chi connectivity index (χ2v) is 5.08. The van der Waals surface area contributed by atoms with Crippen molar-refractivity contribution in [3.05, 3.63) is 65.2 Å². The van der Waals surface area contributed by atoms with Crippen LogP contribution in [0.1, 0.15) is 40.9 Å². The third kappa shape index (κ3) is 3.85. The van der Waals surface area contributed by atoms with E-state index in [4.69, 9.17) is 4.74 Å². The van der Waals surface area contributed by atoms with Crippen LogP contribution in [0.15, 0.2) is 48.5 Å². The first kappa shape index (κ1) is 15.1. The SMILES string of the molecule is CCC(NC(=O)c1cccc(OC)c1)c1ccc(C)cc1. The average molecular weight is 283 g/mol. The Balaban J connectivity index is 2.14. The van der Waals surface area contributed by atoms with Gasteiger partial charge in [0.15, 0.2) is 0 Å². The number of methoxy groups -OCH3 is 1. The molecule has 1 amide bonds. The molecule has 0 fully saturated rings. The number of hydrogen-bond acceptors (Lipinski definition) is 2. The van der Waals surface area contributed by atoms with Crippen LogP contribution in [0.25, 0.3) is 0 Å². The lowest BCUT2D eigenvalue weighted by Crippen LogP contribution is -2.28. The fraction of sp³-hybridized carbons (Fsp3) is 0.278. The quantitative estimate of drug-likeness (QED) is 0.904. The number of hydrogen-bond donors (Lipinski definition) is 1. The highest BCUT2D eigenvalue weighted by atomic mass is 16.5. The van der Waals surface area contributed by atoms with E-state index in [-0.39, 0.29) is 11.9 Å². The van der Waals surface area contributed by atoms with Crippen LogP contribution >= 0.6 is 0 Å². The second-order valence-electron chi connectivity index (χ2n) is 5.08. The first-order valence-corrected chi connectivity index (χ1v) is 7.15. The summed E-state index contributed by atoms with van der Waals surface area (Å²) in [4.78, 5) is 12.4. The van der Waals surface area contributed by atoms with Gasteiger partial charge in [-0.1, -0.05) is 42.8 Å². The van der Waals surface area contributed by atoms with E-state index in [1.165, 1.54) is 5.56 Å². The van der Waals surface area contributed by atoms with Crippen molar-refractivity contribution in [3.8, 4) is 5.75 Å². The molecule has 0 bridgehead atoms. The summed E-state index contributed by atoms with van der Waals surface area (Å²) < 4.78 is 5.15. The Kier molecular flexibility index (Phi) is 4.99. The van der Waals surface area contributed by atoms with E-state index in [0.717, 1.165) is 12.0 Å². The van der Waals surface area contributed by atoms with Gasteiger partial charge >= 0.3 is 0 Å². The molecule has 0 aliphatic rings. The molecule has 0 aromatic heterocycles. The van der Waals surface area contributed by atoms with Crippen molar-refractivity contribution in [2.24, 2.45) is 0 Å². The van der Waals surface area contributed by atoms with Gasteiger partial charge in [0.05, 0.1) is 13.2 Å². The van der Waals surface area contributed by atoms with Gasteiger partial charge in [-0.15, -0.1) is 0 Å². The highest BCUT2D eigenvalue weighted by Crippen LogP contribution is 2.19. The van der Waals surface area contributed by atoms with Crippen molar-refractivity contribution in [1.82, 2.24) is 5.32 Å². The second kappa shape index (κ2) is 6.93. The molecule has 0 radical (unpaired) electrons. The molecule has 1 N–H and O–H groups in total. The summed E-state index contributed by atoms with van der Waals surface area (Å²) in [6.07, 6.45) is 0.846. The van der Waals surface area contributed by atoms with Crippen molar-refractivity contribution in [1.29, 1.82) is 0 Å². The van der Waals surface area contributed by atoms with Crippen molar-refractivity contribution in [2.75, 3.05) is 7.11 Å².